The van der Waals surface area contributed by atoms with Crippen LogP contribution >= 0.6 is 23.4 Å². The minimum atomic E-state index is -0.0392. The predicted octanol–water partition coefficient (Wildman–Crippen LogP) is 2.05. The second-order valence-corrected chi connectivity index (χ2v) is 5.98. The van der Waals surface area contributed by atoms with Gasteiger partial charge in [0.15, 0.2) is 0 Å². The molecule has 2 rings (SSSR count). The Kier molecular flexibility index (Phi) is 4.92. The van der Waals surface area contributed by atoms with Crippen LogP contribution in [0.1, 0.15) is 12.5 Å². The maximum Gasteiger partial charge on any atom is 0.238 e. The molecule has 18 heavy (non-hydrogen) atoms. The Labute approximate surface area is 117 Å². The number of carbonyl (C=O) groups is 1. The molecule has 5 heteroatoms. The molecule has 1 aromatic carbocycles. The van der Waals surface area contributed by atoms with Gasteiger partial charge in [-0.05, 0) is 31.0 Å². The van der Waals surface area contributed by atoms with E-state index in [4.69, 9.17) is 11.6 Å². The fraction of sp³-hybridized carbons (Fsp3) is 0.462. The lowest BCUT2D eigenvalue weighted by Crippen LogP contribution is -2.46. The monoisotopic (exact) mass is 284 g/mol. The Bertz CT molecular complexity index is 404. The van der Waals surface area contributed by atoms with Crippen LogP contribution in [0.2, 0.25) is 5.02 Å². The van der Waals surface area contributed by atoms with Crippen molar-refractivity contribution in [3.8, 4) is 0 Å². The van der Waals surface area contributed by atoms with Crippen molar-refractivity contribution in [1.29, 1.82) is 0 Å². The lowest BCUT2D eigenvalue weighted by molar-refractivity contribution is -0.123. The molecule has 0 bridgehead atoms. The summed E-state index contributed by atoms with van der Waals surface area (Å²) >= 11 is 7.59. The number of rotatable bonds is 4. The van der Waals surface area contributed by atoms with Gasteiger partial charge in [0.05, 0.1) is 6.04 Å². The van der Waals surface area contributed by atoms with Crippen LogP contribution < -0.4 is 10.6 Å². The zero-order chi connectivity index (χ0) is 13.0. The van der Waals surface area contributed by atoms with Crippen molar-refractivity contribution in [2.45, 2.75) is 25.4 Å². The first-order valence-corrected chi connectivity index (χ1v) is 7.54. The van der Waals surface area contributed by atoms with Gasteiger partial charge in [-0.25, -0.2) is 0 Å². The first-order chi connectivity index (χ1) is 8.65. The number of amides is 1. The van der Waals surface area contributed by atoms with Crippen LogP contribution in [0, 0.1) is 0 Å². The number of carbonyl (C=O) groups excluding carboxylic acids is 1. The van der Waals surface area contributed by atoms with E-state index >= 15 is 0 Å². The minimum absolute atomic E-state index is 0.0392. The quantitative estimate of drug-likeness (QED) is 0.889. The summed E-state index contributed by atoms with van der Waals surface area (Å²) in [6.45, 7) is 2.02. The Hall–Kier alpha value is -0.710. The van der Waals surface area contributed by atoms with Crippen molar-refractivity contribution < 1.29 is 4.79 Å². The van der Waals surface area contributed by atoms with Gasteiger partial charge in [0.1, 0.15) is 0 Å². The molecule has 0 radical (unpaired) electrons. The van der Waals surface area contributed by atoms with E-state index in [-0.39, 0.29) is 18.0 Å². The van der Waals surface area contributed by atoms with Crippen LogP contribution in [0.3, 0.4) is 0 Å². The lowest BCUT2D eigenvalue weighted by Gasteiger charge is -2.17. The minimum Gasteiger partial charge on any atom is -0.352 e. The number of hydrogen-bond donors (Lipinski definition) is 2. The summed E-state index contributed by atoms with van der Waals surface area (Å²) in [6, 6.07) is 7.83. The molecule has 1 aliphatic rings. The molecule has 98 valence electrons. The molecule has 1 aromatic rings. The highest BCUT2D eigenvalue weighted by Crippen LogP contribution is 2.12. The molecule has 2 atom stereocenters. The van der Waals surface area contributed by atoms with E-state index in [2.05, 4.69) is 10.6 Å². The third kappa shape index (κ3) is 3.90. The summed E-state index contributed by atoms with van der Waals surface area (Å²) < 4.78 is 0. The van der Waals surface area contributed by atoms with E-state index < -0.39 is 0 Å². The van der Waals surface area contributed by atoms with E-state index in [1.807, 2.05) is 31.2 Å². The average Bonchev–Trinajstić information content (AvgIpc) is 2.85. The van der Waals surface area contributed by atoms with Crippen LogP contribution in [-0.2, 0) is 11.2 Å². The normalized spacial score (nSPS) is 20.7. The van der Waals surface area contributed by atoms with Gasteiger partial charge in [-0.3, -0.25) is 10.1 Å². The summed E-state index contributed by atoms with van der Waals surface area (Å²) in [5, 5.41) is 6.94. The molecule has 0 spiro atoms. The molecule has 0 aromatic heterocycles. The second-order valence-electron chi connectivity index (χ2n) is 4.51. The highest BCUT2D eigenvalue weighted by atomic mass is 35.5. The van der Waals surface area contributed by atoms with Crippen molar-refractivity contribution in [3.63, 3.8) is 0 Å². The zero-order valence-electron chi connectivity index (χ0n) is 10.3. The van der Waals surface area contributed by atoms with E-state index in [0.29, 0.717) is 0 Å². The molecule has 0 saturated carbocycles. The fourth-order valence-corrected chi connectivity index (χ4v) is 3.00. The standard InChI is InChI=1S/C13H17ClN2OS/c1-9(6-10-2-4-11(14)5-3-10)16-13(17)12-7-18-8-15-12/h2-5,9,12,15H,6-8H2,1H3,(H,16,17). The molecule has 2 N–H and O–H groups in total. The van der Waals surface area contributed by atoms with Gasteiger partial charge in [0, 0.05) is 22.7 Å². The summed E-state index contributed by atoms with van der Waals surface area (Å²) in [5.41, 5.74) is 1.18. The van der Waals surface area contributed by atoms with Gasteiger partial charge in [0.2, 0.25) is 5.91 Å². The smallest absolute Gasteiger partial charge is 0.238 e. The SMILES string of the molecule is CC(Cc1ccc(Cl)cc1)NC(=O)C1CSCN1. The van der Waals surface area contributed by atoms with Gasteiger partial charge in [0.25, 0.3) is 0 Å². The summed E-state index contributed by atoms with van der Waals surface area (Å²) in [5.74, 6) is 1.82. The van der Waals surface area contributed by atoms with Crippen molar-refractivity contribution in [2.75, 3.05) is 11.6 Å². The van der Waals surface area contributed by atoms with E-state index in [9.17, 15) is 4.79 Å². The van der Waals surface area contributed by atoms with Crippen LogP contribution in [0.4, 0.5) is 0 Å². The highest BCUT2D eigenvalue weighted by molar-refractivity contribution is 7.99. The molecular formula is C13H17ClN2OS. The van der Waals surface area contributed by atoms with Crippen LogP contribution in [0.5, 0.6) is 0 Å². The van der Waals surface area contributed by atoms with E-state index in [1.54, 1.807) is 11.8 Å². The summed E-state index contributed by atoms with van der Waals surface area (Å²) in [7, 11) is 0. The molecule has 1 heterocycles. The van der Waals surface area contributed by atoms with Crippen LogP contribution in [0.15, 0.2) is 24.3 Å². The van der Waals surface area contributed by atoms with Gasteiger partial charge in [-0.15, -0.1) is 11.8 Å². The Morgan fingerprint density at radius 2 is 2.28 bits per heavy atom. The topological polar surface area (TPSA) is 41.1 Å². The molecular weight excluding hydrogens is 268 g/mol. The molecule has 1 amide bonds. The number of nitrogens with one attached hydrogen (secondary N) is 2. The molecule has 1 aliphatic heterocycles. The zero-order valence-corrected chi connectivity index (χ0v) is 11.9. The largest absolute Gasteiger partial charge is 0.352 e. The molecule has 0 aliphatic carbocycles. The van der Waals surface area contributed by atoms with E-state index in [1.165, 1.54) is 5.56 Å². The van der Waals surface area contributed by atoms with Crippen LogP contribution in [-0.4, -0.2) is 29.6 Å². The van der Waals surface area contributed by atoms with Crippen molar-refractivity contribution in [1.82, 2.24) is 10.6 Å². The number of thioether (sulfide) groups is 1. The highest BCUT2D eigenvalue weighted by Gasteiger charge is 2.23. The third-order valence-electron chi connectivity index (χ3n) is 2.88. The summed E-state index contributed by atoms with van der Waals surface area (Å²) in [6.07, 6.45) is 0.822. The van der Waals surface area contributed by atoms with Crippen LogP contribution in [0.25, 0.3) is 0 Å². The lowest BCUT2D eigenvalue weighted by atomic mass is 10.1. The number of halogens is 1. The summed E-state index contributed by atoms with van der Waals surface area (Å²) in [4.78, 5) is 11.9. The van der Waals surface area contributed by atoms with Gasteiger partial charge in [-0.2, -0.15) is 0 Å². The average molecular weight is 285 g/mol. The third-order valence-corrected chi connectivity index (χ3v) is 4.07. The molecule has 3 nitrogen and oxygen atoms in total. The Morgan fingerprint density at radius 1 is 1.56 bits per heavy atom. The van der Waals surface area contributed by atoms with Gasteiger partial charge < -0.3 is 5.32 Å². The fourth-order valence-electron chi connectivity index (χ4n) is 1.93. The molecule has 2 unspecified atom stereocenters. The number of hydrogen-bond acceptors (Lipinski definition) is 3. The Balaban J connectivity index is 1.82. The Morgan fingerprint density at radius 3 is 2.89 bits per heavy atom. The second kappa shape index (κ2) is 6.45. The number of benzene rings is 1. The van der Waals surface area contributed by atoms with Gasteiger partial charge in [-0.1, -0.05) is 23.7 Å². The maximum atomic E-state index is 11.9. The van der Waals surface area contributed by atoms with Crippen molar-refractivity contribution in [3.05, 3.63) is 34.9 Å². The van der Waals surface area contributed by atoms with Gasteiger partial charge >= 0.3 is 0 Å². The maximum absolute atomic E-state index is 11.9. The molecule has 1 saturated heterocycles. The first-order valence-electron chi connectivity index (χ1n) is 6.01. The van der Waals surface area contributed by atoms with Crippen molar-refractivity contribution >= 4 is 29.3 Å². The molecule has 1 fully saturated rings. The van der Waals surface area contributed by atoms with Crippen molar-refractivity contribution in [2.24, 2.45) is 0 Å². The predicted molar refractivity (Wildman–Crippen MR) is 77.0 cm³/mol. The first kappa shape index (κ1) is 13.7. The van der Waals surface area contributed by atoms with E-state index in [0.717, 1.165) is 23.1 Å².